The number of aldehydes is 1. The fourth-order valence-corrected chi connectivity index (χ4v) is 7.79. The fraction of sp³-hybridized carbons (Fsp3) is 0. The Morgan fingerprint density at radius 1 is 0.559 bits per heavy atom. The zero-order chi connectivity index (χ0) is 22.9. The van der Waals surface area contributed by atoms with Gasteiger partial charge in [-0.05, 0) is 60.2 Å². The minimum atomic E-state index is 0.800. The number of carbonyl (C=O) groups excluding carboxylic acids is 1. The van der Waals surface area contributed by atoms with Crippen molar-refractivity contribution in [2.24, 2.45) is 0 Å². The maximum atomic E-state index is 11.1. The molecule has 3 aromatic carbocycles. The number of hydrogen-bond donors (Lipinski definition) is 0. The van der Waals surface area contributed by atoms with Crippen molar-refractivity contribution < 1.29 is 4.79 Å². The number of para-hydroxylation sites is 2. The summed E-state index contributed by atoms with van der Waals surface area (Å²) >= 11 is 5.14. The van der Waals surface area contributed by atoms with E-state index in [4.69, 9.17) is 0 Å². The van der Waals surface area contributed by atoms with Crippen LogP contribution in [-0.4, -0.2) is 6.29 Å². The molecule has 0 saturated carbocycles. The normalized spacial score (nSPS) is 11.5. The quantitative estimate of drug-likeness (QED) is 0.215. The molecule has 0 N–H and O–H groups in total. The van der Waals surface area contributed by atoms with E-state index in [0.717, 1.165) is 33.8 Å². The van der Waals surface area contributed by atoms with Crippen LogP contribution >= 0.6 is 34.0 Å². The molecule has 0 unspecified atom stereocenters. The molecule has 0 spiro atoms. The lowest BCUT2D eigenvalue weighted by Gasteiger charge is -2.25. The molecule has 0 radical (unpaired) electrons. The van der Waals surface area contributed by atoms with Crippen LogP contribution in [0.25, 0.3) is 31.0 Å². The summed E-state index contributed by atoms with van der Waals surface area (Å²) in [4.78, 5) is 15.4. The van der Waals surface area contributed by atoms with Gasteiger partial charge in [0.05, 0.1) is 14.3 Å². The van der Waals surface area contributed by atoms with Crippen LogP contribution in [0.5, 0.6) is 0 Å². The molecular formula is C29H19NOS3. The van der Waals surface area contributed by atoms with Gasteiger partial charge < -0.3 is 4.90 Å². The van der Waals surface area contributed by atoms with Gasteiger partial charge in [0.25, 0.3) is 0 Å². The van der Waals surface area contributed by atoms with E-state index in [9.17, 15) is 4.79 Å². The monoisotopic (exact) mass is 493 g/mol. The number of thiophene rings is 3. The third-order valence-corrected chi connectivity index (χ3v) is 9.26. The van der Waals surface area contributed by atoms with Gasteiger partial charge in [0.15, 0.2) is 6.29 Å². The summed E-state index contributed by atoms with van der Waals surface area (Å²) in [5, 5.41) is 0. The van der Waals surface area contributed by atoms with Gasteiger partial charge in [-0.15, -0.1) is 34.0 Å². The van der Waals surface area contributed by atoms with Crippen molar-refractivity contribution in [2.45, 2.75) is 0 Å². The lowest BCUT2D eigenvalue weighted by atomic mass is 10.1. The Morgan fingerprint density at radius 2 is 1.09 bits per heavy atom. The molecule has 0 aliphatic rings. The fourth-order valence-electron chi connectivity index (χ4n) is 4.03. The minimum absolute atomic E-state index is 0.800. The Morgan fingerprint density at radius 3 is 1.68 bits per heavy atom. The van der Waals surface area contributed by atoms with Gasteiger partial charge in [0.2, 0.25) is 0 Å². The van der Waals surface area contributed by atoms with E-state index in [0.29, 0.717) is 0 Å². The highest BCUT2D eigenvalue weighted by molar-refractivity contribution is 7.39. The summed E-state index contributed by atoms with van der Waals surface area (Å²) in [6, 6.07) is 33.8. The molecule has 3 heterocycles. The molecule has 0 aliphatic carbocycles. The van der Waals surface area contributed by atoms with Crippen LogP contribution in [0.3, 0.4) is 0 Å². The predicted octanol–water partition coefficient (Wildman–Crippen LogP) is 9.63. The molecule has 0 saturated heterocycles. The molecule has 164 valence electrons. The second kappa shape index (κ2) is 9.03. The maximum Gasteiger partial charge on any atom is 0.160 e. The Balaban J connectivity index is 1.28. The third-order valence-electron chi connectivity index (χ3n) is 5.60. The van der Waals surface area contributed by atoms with Gasteiger partial charge in [-0.2, -0.15) is 0 Å². The first kappa shape index (κ1) is 21.1. The Hall–Kier alpha value is -3.51. The summed E-state index contributed by atoms with van der Waals surface area (Å²) in [6.07, 6.45) is 5.29. The summed E-state index contributed by atoms with van der Waals surface area (Å²) < 4.78 is 5.02. The average molecular weight is 494 g/mol. The maximum absolute atomic E-state index is 11.1. The van der Waals surface area contributed by atoms with E-state index in [-0.39, 0.29) is 0 Å². The van der Waals surface area contributed by atoms with Crippen LogP contribution in [0, 0.1) is 0 Å². The molecular weight excluding hydrogens is 475 g/mol. The summed E-state index contributed by atoms with van der Waals surface area (Å²) in [5.74, 6) is 0. The van der Waals surface area contributed by atoms with Gasteiger partial charge in [-0.25, -0.2) is 0 Å². The van der Waals surface area contributed by atoms with Crippen molar-refractivity contribution in [2.75, 3.05) is 4.90 Å². The van der Waals surface area contributed by atoms with Gasteiger partial charge in [0.1, 0.15) is 0 Å². The highest BCUT2D eigenvalue weighted by Gasteiger charge is 2.13. The number of nitrogens with zero attached hydrogens (tertiary/aromatic N) is 1. The molecule has 0 amide bonds. The number of anilines is 3. The Kier molecular flexibility index (Phi) is 5.59. The first-order valence-corrected chi connectivity index (χ1v) is 13.3. The highest BCUT2D eigenvalue weighted by atomic mass is 32.1. The standard InChI is InChI=1S/C29H19NOS3/c31-19-25-18-27-29(33-25)28-26(34-27)17-24(32-28)16-13-20-11-14-23(15-12-20)30(21-7-3-1-4-8-21)22-9-5-2-6-10-22/h1-19H/b16-13+. The van der Waals surface area contributed by atoms with Crippen LogP contribution in [0.15, 0.2) is 97.1 Å². The first-order chi connectivity index (χ1) is 16.8. The molecule has 0 aliphatic heterocycles. The smallest absolute Gasteiger partial charge is 0.160 e. The zero-order valence-electron chi connectivity index (χ0n) is 18.0. The molecule has 5 heteroatoms. The number of benzene rings is 3. The predicted molar refractivity (Wildman–Crippen MR) is 151 cm³/mol. The molecule has 2 nitrogen and oxygen atoms in total. The third kappa shape index (κ3) is 3.99. The Bertz CT molecular complexity index is 1570. The molecule has 0 bridgehead atoms. The molecule has 6 aromatic rings. The number of rotatable bonds is 6. The molecule has 0 fully saturated rings. The molecule has 34 heavy (non-hydrogen) atoms. The number of hydrogen-bond acceptors (Lipinski definition) is 5. The summed E-state index contributed by atoms with van der Waals surface area (Å²) in [6.45, 7) is 0. The topological polar surface area (TPSA) is 20.3 Å². The van der Waals surface area contributed by atoms with Crippen molar-refractivity contribution in [3.63, 3.8) is 0 Å². The van der Waals surface area contributed by atoms with Gasteiger partial charge in [-0.1, -0.05) is 54.6 Å². The lowest BCUT2D eigenvalue weighted by molar-refractivity contribution is 0.112. The van der Waals surface area contributed by atoms with E-state index in [1.54, 1.807) is 34.0 Å². The molecule has 6 rings (SSSR count). The van der Waals surface area contributed by atoms with E-state index in [1.165, 1.54) is 23.7 Å². The zero-order valence-corrected chi connectivity index (χ0v) is 20.5. The second-order valence-corrected chi connectivity index (χ2v) is 11.1. The van der Waals surface area contributed by atoms with Crippen molar-refractivity contribution in [3.8, 4) is 0 Å². The number of fused-ring (bicyclic) bond motifs is 3. The van der Waals surface area contributed by atoms with Crippen molar-refractivity contribution in [1.29, 1.82) is 0 Å². The second-order valence-electron chi connectivity index (χ2n) is 7.84. The SMILES string of the molecule is O=Cc1cc2sc3cc(/C=C/c4ccc(N(c5ccccc5)c5ccccc5)cc4)sc3c2s1. The summed E-state index contributed by atoms with van der Waals surface area (Å²) in [7, 11) is 0. The molecule has 0 atom stereocenters. The van der Waals surface area contributed by atoms with E-state index in [1.807, 2.05) is 18.2 Å². The average Bonchev–Trinajstić information content (AvgIpc) is 3.55. The summed E-state index contributed by atoms with van der Waals surface area (Å²) in [5.41, 5.74) is 4.55. The van der Waals surface area contributed by atoms with E-state index >= 15 is 0 Å². The van der Waals surface area contributed by atoms with E-state index < -0.39 is 0 Å². The van der Waals surface area contributed by atoms with Crippen LogP contribution in [-0.2, 0) is 0 Å². The minimum Gasteiger partial charge on any atom is -0.311 e. The van der Waals surface area contributed by atoms with Crippen molar-refractivity contribution >= 4 is 88.3 Å². The molecule has 3 aromatic heterocycles. The highest BCUT2D eigenvalue weighted by Crippen LogP contribution is 2.43. The van der Waals surface area contributed by atoms with Gasteiger partial charge >= 0.3 is 0 Å². The van der Waals surface area contributed by atoms with Crippen LogP contribution in [0.4, 0.5) is 17.1 Å². The van der Waals surface area contributed by atoms with Crippen molar-refractivity contribution in [1.82, 2.24) is 0 Å². The van der Waals surface area contributed by atoms with Crippen LogP contribution in [0.1, 0.15) is 20.1 Å². The van der Waals surface area contributed by atoms with Crippen LogP contribution in [0.2, 0.25) is 0 Å². The van der Waals surface area contributed by atoms with E-state index in [2.05, 4.69) is 95.9 Å². The first-order valence-electron chi connectivity index (χ1n) is 10.9. The van der Waals surface area contributed by atoms with Gasteiger partial charge in [0, 0.05) is 31.3 Å². The Labute approximate surface area is 209 Å². The van der Waals surface area contributed by atoms with Gasteiger partial charge in [-0.3, -0.25) is 4.79 Å². The largest absolute Gasteiger partial charge is 0.311 e. The lowest BCUT2D eigenvalue weighted by Crippen LogP contribution is -2.09. The van der Waals surface area contributed by atoms with Crippen molar-refractivity contribution in [3.05, 3.63) is 112 Å². The number of carbonyl (C=O) groups is 1. The van der Waals surface area contributed by atoms with Crippen LogP contribution < -0.4 is 4.90 Å².